The average Bonchev–Trinajstić information content (AvgIpc) is 3.18. The van der Waals surface area contributed by atoms with Crippen LogP contribution in [0.15, 0.2) is 48.5 Å². The molecule has 5 heteroatoms. The first-order valence-corrected chi connectivity index (χ1v) is 9.47. The number of hydrogen-bond donors (Lipinski definition) is 2. The summed E-state index contributed by atoms with van der Waals surface area (Å²) in [6.45, 7) is 8.24. The van der Waals surface area contributed by atoms with Crippen molar-refractivity contribution in [1.29, 1.82) is 0 Å². The Kier molecular flexibility index (Phi) is 4.48. The second kappa shape index (κ2) is 6.82. The maximum absolute atomic E-state index is 12.9. The molecule has 2 aromatic carbocycles. The van der Waals surface area contributed by atoms with Crippen LogP contribution in [-0.4, -0.2) is 39.1 Å². The average molecular weight is 362 g/mol. The molecule has 0 aliphatic carbocycles. The molecule has 1 aliphatic heterocycles. The fourth-order valence-electron chi connectivity index (χ4n) is 4.10. The van der Waals surface area contributed by atoms with E-state index < -0.39 is 0 Å². The van der Waals surface area contributed by atoms with Crippen LogP contribution in [0.4, 0.5) is 0 Å². The van der Waals surface area contributed by atoms with Crippen LogP contribution >= 0.6 is 0 Å². The molecule has 2 N–H and O–H groups in total. The number of H-pyrrole nitrogens is 1. The summed E-state index contributed by atoms with van der Waals surface area (Å²) in [4.78, 5) is 15.3. The van der Waals surface area contributed by atoms with E-state index in [1.54, 1.807) is 0 Å². The number of benzene rings is 2. The van der Waals surface area contributed by atoms with Gasteiger partial charge in [-0.3, -0.25) is 14.8 Å². The molecule has 1 aliphatic rings. The van der Waals surface area contributed by atoms with Crippen molar-refractivity contribution in [3.63, 3.8) is 0 Å². The van der Waals surface area contributed by atoms with Gasteiger partial charge in [0, 0.05) is 30.1 Å². The molecule has 3 aromatic rings. The van der Waals surface area contributed by atoms with E-state index in [1.807, 2.05) is 31.2 Å². The minimum absolute atomic E-state index is 0.0421. The molecule has 1 aromatic heterocycles. The monoisotopic (exact) mass is 362 g/mol. The maximum atomic E-state index is 12.9. The number of hydrogen-bond acceptors (Lipinski definition) is 3. The van der Waals surface area contributed by atoms with Crippen LogP contribution in [0.1, 0.15) is 41.9 Å². The second-order valence-corrected chi connectivity index (χ2v) is 8.12. The first-order valence-electron chi connectivity index (χ1n) is 9.47. The summed E-state index contributed by atoms with van der Waals surface area (Å²) < 4.78 is 0. The highest BCUT2D eigenvalue weighted by Crippen LogP contribution is 2.30. The summed E-state index contributed by atoms with van der Waals surface area (Å²) in [6.07, 6.45) is 0.927. The molecule has 0 saturated carbocycles. The van der Waals surface area contributed by atoms with Gasteiger partial charge in [0.2, 0.25) is 0 Å². The van der Waals surface area contributed by atoms with Gasteiger partial charge in [-0.2, -0.15) is 5.10 Å². The summed E-state index contributed by atoms with van der Waals surface area (Å²) >= 11 is 0. The quantitative estimate of drug-likeness (QED) is 0.745. The van der Waals surface area contributed by atoms with Crippen molar-refractivity contribution in [3.8, 4) is 0 Å². The lowest BCUT2D eigenvalue weighted by Crippen LogP contribution is -2.38. The largest absolute Gasteiger partial charge is 0.347 e. The summed E-state index contributed by atoms with van der Waals surface area (Å²) in [5, 5.41) is 11.3. The Bertz CT molecular complexity index is 961. The lowest BCUT2D eigenvalue weighted by atomic mass is 9.99. The highest BCUT2D eigenvalue weighted by molar-refractivity contribution is 6.05. The number of nitrogens with one attached hydrogen (secondary N) is 2. The number of fused-ring (bicyclic) bond motifs is 1. The van der Waals surface area contributed by atoms with Crippen molar-refractivity contribution >= 4 is 16.8 Å². The first-order chi connectivity index (χ1) is 12.9. The van der Waals surface area contributed by atoms with Crippen molar-refractivity contribution in [3.05, 3.63) is 65.4 Å². The summed E-state index contributed by atoms with van der Waals surface area (Å²) in [5.41, 5.74) is 3.82. The normalized spacial score (nSPS) is 19.4. The van der Waals surface area contributed by atoms with Crippen molar-refractivity contribution < 1.29 is 4.79 Å². The number of likely N-dealkylation sites (tertiary alicyclic amines) is 1. The van der Waals surface area contributed by atoms with Crippen molar-refractivity contribution in [2.75, 3.05) is 6.54 Å². The Morgan fingerprint density at radius 3 is 2.78 bits per heavy atom. The Morgan fingerprint density at radius 2 is 2.00 bits per heavy atom. The predicted octanol–water partition coefficient (Wildman–Crippen LogP) is 3.65. The van der Waals surface area contributed by atoms with Gasteiger partial charge in [0.1, 0.15) is 5.69 Å². The standard InChI is InChI=1S/C22H26N4O/c1-15-8-7-11-18-19(15)24-25-20(18)21(27)23-17-12-22(2,3)26(14-17)13-16-9-5-4-6-10-16/h4-11,17H,12-14H2,1-3H3,(H,23,27)(H,24,25). The van der Waals surface area contributed by atoms with Crippen LogP contribution in [0.5, 0.6) is 0 Å². The number of aryl methyl sites for hydroxylation is 1. The smallest absolute Gasteiger partial charge is 0.270 e. The van der Waals surface area contributed by atoms with E-state index in [9.17, 15) is 4.79 Å². The molecule has 0 radical (unpaired) electrons. The molecule has 0 spiro atoms. The van der Waals surface area contributed by atoms with E-state index in [-0.39, 0.29) is 17.5 Å². The maximum Gasteiger partial charge on any atom is 0.270 e. The molecule has 1 saturated heterocycles. The van der Waals surface area contributed by atoms with Gasteiger partial charge in [0.15, 0.2) is 0 Å². The number of rotatable bonds is 4. The van der Waals surface area contributed by atoms with Gasteiger partial charge >= 0.3 is 0 Å². The van der Waals surface area contributed by atoms with Crippen LogP contribution in [0.3, 0.4) is 0 Å². The van der Waals surface area contributed by atoms with Crippen LogP contribution < -0.4 is 5.32 Å². The summed E-state index contributed by atoms with van der Waals surface area (Å²) in [5.74, 6) is -0.0783. The third kappa shape index (κ3) is 3.47. The Labute approximate surface area is 159 Å². The van der Waals surface area contributed by atoms with E-state index in [1.165, 1.54) is 5.56 Å². The van der Waals surface area contributed by atoms with Crippen LogP contribution in [0, 0.1) is 6.92 Å². The lowest BCUT2D eigenvalue weighted by molar-refractivity contribution is 0.0934. The zero-order chi connectivity index (χ0) is 19.0. The molecule has 2 heterocycles. The predicted molar refractivity (Wildman–Crippen MR) is 108 cm³/mol. The van der Waals surface area contributed by atoms with Gasteiger partial charge in [-0.15, -0.1) is 0 Å². The van der Waals surface area contributed by atoms with E-state index in [0.29, 0.717) is 5.69 Å². The lowest BCUT2D eigenvalue weighted by Gasteiger charge is -2.31. The van der Waals surface area contributed by atoms with Crippen molar-refractivity contribution in [1.82, 2.24) is 20.4 Å². The van der Waals surface area contributed by atoms with Crippen molar-refractivity contribution in [2.24, 2.45) is 0 Å². The Balaban J connectivity index is 1.48. The third-order valence-electron chi connectivity index (χ3n) is 5.61. The first kappa shape index (κ1) is 17.7. The molecule has 4 rings (SSSR count). The highest BCUT2D eigenvalue weighted by Gasteiger charge is 2.39. The molecule has 1 amide bonds. The minimum atomic E-state index is -0.0783. The number of carbonyl (C=O) groups is 1. The molecule has 5 nitrogen and oxygen atoms in total. The topological polar surface area (TPSA) is 61.0 Å². The molecule has 1 fully saturated rings. The molecular formula is C22H26N4O. The van der Waals surface area contributed by atoms with Crippen molar-refractivity contribution in [2.45, 2.75) is 45.3 Å². The fraction of sp³-hybridized carbons (Fsp3) is 0.364. The van der Waals surface area contributed by atoms with Crippen LogP contribution in [0.25, 0.3) is 10.9 Å². The highest BCUT2D eigenvalue weighted by atomic mass is 16.2. The molecule has 140 valence electrons. The zero-order valence-electron chi connectivity index (χ0n) is 16.1. The molecular weight excluding hydrogens is 336 g/mol. The third-order valence-corrected chi connectivity index (χ3v) is 5.61. The van der Waals surface area contributed by atoms with Crippen LogP contribution in [0.2, 0.25) is 0 Å². The number of aromatic nitrogens is 2. The molecule has 0 bridgehead atoms. The van der Waals surface area contributed by atoms with Gasteiger partial charge in [0.25, 0.3) is 5.91 Å². The molecule has 1 unspecified atom stereocenters. The summed E-state index contributed by atoms with van der Waals surface area (Å²) in [7, 11) is 0. The molecule has 1 atom stereocenters. The van der Waals surface area contributed by atoms with Gasteiger partial charge in [-0.25, -0.2) is 0 Å². The van der Waals surface area contributed by atoms with Crippen LogP contribution in [-0.2, 0) is 6.54 Å². The molecule has 27 heavy (non-hydrogen) atoms. The Morgan fingerprint density at radius 1 is 1.22 bits per heavy atom. The van der Waals surface area contributed by atoms with E-state index >= 15 is 0 Å². The number of aromatic amines is 1. The van der Waals surface area contributed by atoms with E-state index in [2.05, 4.69) is 58.5 Å². The number of amides is 1. The summed E-state index contributed by atoms with van der Waals surface area (Å²) in [6, 6.07) is 16.5. The second-order valence-electron chi connectivity index (χ2n) is 8.12. The van der Waals surface area contributed by atoms with Gasteiger partial charge in [-0.05, 0) is 38.3 Å². The number of para-hydroxylation sites is 1. The Hall–Kier alpha value is -2.66. The fourth-order valence-corrected chi connectivity index (χ4v) is 4.10. The minimum Gasteiger partial charge on any atom is -0.347 e. The van der Waals surface area contributed by atoms with E-state index in [0.717, 1.165) is 36.0 Å². The zero-order valence-corrected chi connectivity index (χ0v) is 16.1. The number of carbonyl (C=O) groups excluding carboxylic acids is 1. The number of nitrogens with zero attached hydrogens (tertiary/aromatic N) is 2. The van der Waals surface area contributed by atoms with Gasteiger partial charge < -0.3 is 5.32 Å². The van der Waals surface area contributed by atoms with Gasteiger partial charge in [0.05, 0.1) is 5.52 Å². The van der Waals surface area contributed by atoms with Gasteiger partial charge in [-0.1, -0.05) is 48.5 Å². The SMILES string of the molecule is Cc1cccc2c(C(=O)NC3CN(Cc4ccccc4)C(C)(C)C3)[nH]nc12. The van der Waals surface area contributed by atoms with E-state index in [4.69, 9.17) is 0 Å².